The molecule has 2 nitrogen and oxygen atoms in total. The van der Waals surface area contributed by atoms with Crippen LogP contribution < -0.4 is 0 Å². The van der Waals surface area contributed by atoms with Crippen LogP contribution >= 0.6 is 0 Å². The molecule has 1 aliphatic carbocycles. The molecular weight excluding hydrogens is 128 g/mol. The second kappa shape index (κ2) is 2.80. The van der Waals surface area contributed by atoms with Crippen molar-refractivity contribution in [2.45, 2.75) is 19.4 Å². The maximum Gasteiger partial charge on any atom is 0.159 e. The first kappa shape index (κ1) is 7.22. The van der Waals surface area contributed by atoms with E-state index in [9.17, 15) is 4.79 Å². The van der Waals surface area contributed by atoms with E-state index >= 15 is 0 Å². The van der Waals surface area contributed by atoms with E-state index in [0.29, 0.717) is 12.0 Å². The Labute approximate surface area is 59.9 Å². The highest BCUT2D eigenvalue weighted by atomic mass is 16.3. The molecule has 0 amide bonds. The summed E-state index contributed by atoms with van der Waals surface area (Å²) in [6.07, 6.45) is 5.29. The number of rotatable bonds is 1. The quantitative estimate of drug-likeness (QED) is 0.582. The van der Waals surface area contributed by atoms with Gasteiger partial charge in [-0.15, -0.1) is 0 Å². The average molecular weight is 138 g/mol. The van der Waals surface area contributed by atoms with Crippen LogP contribution in [0.5, 0.6) is 0 Å². The molecule has 1 rings (SSSR count). The van der Waals surface area contributed by atoms with Crippen LogP contribution in [-0.4, -0.2) is 17.0 Å². The third kappa shape index (κ3) is 1.54. The van der Waals surface area contributed by atoms with Gasteiger partial charge >= 0.3 is 0 Å². The Morgan fingerprint density at radius 3 is 2.90 bits per heavy atom. The summed E-state index contributed by atoms with van der Waals surface area (Å²) in [6, 6.07) is 0. The summed E-state index contributed by atoms with van der Waals surface area (Å²) in [4.78, 5) is 10.7. The number of carbonyl (C=O) groups excluding carboxylic acids is 1. The molecule has 0 fully saturated rings. The van der Waals surface area contributed by atoms with Gasteiger partial charge in [-0.25, -0.2) is 0 Å². The molecule has 0 saturated heterocycles. The van der Waals surface area contributed by atoms with E-state index in [4.69, 9.17) is 5.11 Å². The number of aliphatic hydroxyl groups excluding tert-OH is 1. The highest BCUT2D eigenvalue weighted by Crippen LogP contribution is 2.10. The van der Waals surface area contributed by atoms with Gasteiger partial charge in [0.2, 0.25) is 0 Å². The van der Waals surface area contributed by atoms with Gasteiger partial charge in [0, 0.05) is 5.57 Å². The predicted molar refractivity (Wildman–Crippen MR) is 38.5 cm³/mol. The van der Waals surface area contributed by atoms with Crippen molar-refractivity contribution in [1.29, 1.82) is 0 Å². The number of ketones is 1. The predicted octanol–water partition coefficient (Wildman–Crippen LogP) is 0.823. The van der Waals surface area contributed by atoms with Gasteiger partial charge in [0.15, 0.2) is 5.78 Å². The molecule has 2 heteroatoms. The lowest BCUT2D eigenvalue weighted by Crippen LogP contribution is -2.08. The molecule has 0 aromatic carbocycles. The number of hydrogen-bond donors (Lipinski definition) is 1. The number of carbonyl (C=O) groups is 1. The summed E-state index contributed by atoms with van der Waals surface area (Å²) < 4.78 is 0. The number of allylic oxidation sites excluding steroid dienone is 2. The Balaban J connectivity index is 2.76. The van der Waals surface area contributed by atoms with Crippen LogP contribution in [0.4, 0.5) is 0 Å². The fourth-order valence-corrected chi connectivity index (χ4v) is 0.900. The van der Waals surface area contributed by atoms with Crippen LogP contribution in [-0.2, 0) is 4.79 Å². The third-order valence-electron chi connectivity index (χ3n) is 1.45. The largest absolute Gasteiger partial charge is 0.389 e. The summed E-state index contributed by atoms with van der Waals surface area (Å²) in [6.45, 7) is 1.49. The molecule has 0 heterocycles. The minimum Gasteiger partial charge on any atom is -0.389 e. The van der Waals surface area contributed by atoms with E-state index in [1.54, 1.807) is 18.2 Å². The van der Waals surface area contributed by atoms with Gasteiger partial charge in [-0.3, -0.25) is 4.79 Å². The Kier molecular flexibility index (Phi) is 2.02. The molecule has 0 bridgehead atoms. The lowest BCUT2D eigenvalue weighted by Gasteiger charge is -2.08. The van der Waals surface area contributed by atoms with Crippen LogP contribution in [0.1, 0.15) is 13.3 Å². The number of Topliss-reactive ketones (excluding diaryl/α,β-unsaturated/α-hetero) is 1. The molecule has 0 aliphatic heterocycles. The Bertz CT molecular complexity index is 201. The lowest BCUT2D eigenvalue weighted by molar-refractivity contribution is -0.113. The monoisotopic (exact) mass is 138 g/mol. The fourth-order valence-electron chi connectivity index (χ4n) is 0.900. The summed E-state index contributed by atoms with van der Waals surface area (Å²) in [7, 11) is 0. The van der Waals surface area contributed by atoms with Crippen molar-refractivity contribution >= 4 is 5.78 Å². The summed E-state index contributed by atoms with van der Waals surface area (Å²) in [5, 5.41) is 9.05. The van der Waals surface area contributed by atoms with Crippen LogP contribution in [0.2, 0.25) is 0 Å². The van der Waals surface area contributed by atoms with Crippen LogP contribution in [0.3, 0.4) is 0 Å². The molecule has 1 atom stereocenters. The van der Waals surface area contributed by atoms with Crippen molar-refractivity contribution in [3.05, 3.63) is 23.8 Å². The first-order valence-electron chi connectivity index (χ1n) is 3.27. The maximum absolute atomic E-state index is 10.7. The van der Waals surface area contributed by atoms with E-state index in [0.717, 1.165) is 0 Å². The molecular formula is C8H10O2. The topological polar surface area (TPSA) is 37.3 Å². The van der Waals surface area contributed by atoms with E-state index in [1.165, 1.54) is 6.92 Å². The minimum atomic E-state index is -0.469. The molecule has 1 unspecified atom stereocenters. The molecule has 1 N–H and O–H groups in total. The van der Waals surface area contributed by atoms with Crippen molar-refractivity contribution in [2.24, 2.45) is 0 Å². The summed E-state index contributed by atoms with van der Waals surface area (Å²) >= 11 is 0. The van der Waals surface area contributed by atoms with Crippen molar-refractivity contribution in [1.82, 2.24) is 0 Å². The molecule has 0 radical (unpaired) electrons. The first-order valence-corrected chi connectivity index (χ1v) is 3.27. The van der Waals surface area contributed by atoms with Crippen molar-refractivity contribution < 1.29 is 9.90 Å². The van der Waals surface area contributed by atoms with Gasteiger partial charge < -0.3 is 5.11 Å². The Hall–Kier alpha value is -0.890. The summed E-state index contributed by atoms with van der Waals surface area (Å²) in [5.41, 5.74) is 0.610. The standard InChI is InChI=1S/C8H10O2/c1-6(9)7-3-2-4-8(10)5-7/h2-3,5,8,10H,4H2,1H3. The fraction of sp³-hybridized carbons (Fsp3) is 0.375. The molecule has 10 heavy (non-hydrogen) atoms. The molecule has 0 saturated carbocycles. The van der Waals surface area contributed by atoms with Crippen molar-refractivity contribution in [3.63, 3.8) is 0 Å². The normalized spacial score (nSPS) is 24.2. The van der Waals surface area contributed by atoms with Gasteiger partial charge in [-0.1, -0.05) is 12.2 Å². The van der Waals surface area contributed by atoms with Gasteiger partial charge in [0.25, 0.3) is 0 Å². The van der Waals surface area contributed by atoms with Gasteiger partial charge in [0.05, 0.1) is 6.10 Å². The van der Waals surface area contributed by atoms with E-state index < -0.39 is 6.10 Å². The lowest BCUT2D eigenvalue weighted by atomic mass is 10.0. The van der Waals surface area contributed by atoms with Crippen molar-refractivity contribution in [2.75, 3.05) is 0 Å². The second-order valence-corrected chi connectivity index (χ2v) is 2.38. The maximum atomic E-state index is 10.7. The zero-order chi connectivity index (χ0) is 7.56. The Morgan fingerprint density at radius 1 is 1.80 bits per heavy atom. The van der Waals surface area contributed by atoms with Crippen LogP contribution in [0.15, 0.2) is 23.8 Å². The van der Waals surface area contributed by atoms with Gasteiger partial charge in [-0.05, 0) is 19.4 Å². The number of aliphatic hydroxyl groups is 1. The molecule has 1 aliphatic rings. The van der Waals surface area contributed by atoms with Gasteiger partial charge in [0.1, 0.15) is 0 Å². The zero-order valence-corrected chi connectivity index (χ0v) is 5.87. The van der Waals surface area contributed by atoms with E-state index in [1.807, 2.05) is 0 Å². The molecule has 0 aromatic heterocycles. The van der Waals surface area contributed by atoms with Gasteiger partial charge in [-0.2, -0.15) is 0 Å². The smallest absolute Gasteiger partial charge is 0.159 e. The van der Waals surface area contributed by atoms with Crippen LogP contribution in [0.25, 0.3) is 0 Å². The first-order chi connectivity index (χ1) is 4.70. The SMILES string of the molecule is CC(=O)C1=CC(O)CC=C1. The van der Waals surface area contributed by atoms with E-state index in [-0.39, 0.29) is 5.78 Å². The van der Waals surface area contributed by atoms with E-state index in [2.05, 4.69) is 0 Å². The zero-order valence-electron chi connectivity index (χ0n) is 5.87. The van der Waals surface area contributed by atoms with Crippen molar-refractivity contribution in [3.8, 4) is 0 Å². The average Bonchev–Trinajstić information content (AvgIpc) is 1.88. The molecule has 54 valence electrons. The summed E-state index contributed by atoms with van der Waals surface area (Å²) in [5.74, 6) is 0.00926. The van der Waals surface area contributed by atoms with Crippen LogP contribution in [0, 0.1) is 0 Å². The third-order valence-corrected chi connectivity index (χ3v) is 1.45. The molecule has 0 spiro atoms. The molecule has 0 aromatic rings. The minimum absolute atomic E-state index is 0.00926. The highest BCUT2D eigenvalue weighted by Gasteiger charge is 2.07. The second-order valence-electron chi connectivity index (χ2n) is 2.38. The highest BCUT2D eigenvalue weighted by molar-refractivity contribution is 5.96. The number of hydrogen-bond acceptors (Lipinski definition) is 2. The Morgan fingerprint density at radius 2 is 2.50 bits per heavy atom.